The van der Waals surface area contributed by atoms with Crippen molar-refractivity contribution in [2.75, 3.05) is 19.7 Å². The van der Waals surface area contributed by atoms with Crippen LogP contribution >= 0.6 is 0 Å². The molecule has 5 rings (SSSR count). The van der Waals surface area contributed by atoms with E-state index in [2.05, 4.69) is 35.2 Å². The van der Waals surface area contributed by atoms with E-state index in [1.807, 2.05) is 24.3 Å². The zero-order chi connectivity index (χ0) is 15.9. The SMILES string of the molecule is c1ccc(C2=NC3=C(CCOc4ccccc43)C3=NCCN32)cc1. The van der Waals surface area contributed by atoms with E-state index in [4.69, 9.17) is 14.7 Å². The fourth-order valence-electron chi connectivity index (χ4n) is 3.56. The molecule has 24 heavy (non-hydrogen) atoms. The molecule has 0 spiro atoms. The lowest BCUT2D eigenvalue weighted by Gasteiger charge is -2.29. The van der Waals surface area contributed by atoms with Gasteiger partial charge in [0.1, 0.15) is 17.4 Å². The van der Waals surface area contributed by atoms with Gasteiger partial charge in [0.15, 0.2) is 0 Å². The summed E-state index contributed by atoms with van der Waals surface area (Å²) in [6, 6.07) is 18.5. The van der Waals surface area contributed by atoms with E-state index in [0.717, 1.165) is 53.8 Å². The Morgan fingerprint density at radius 2 is 1.75 bits per heavy atom. The molecule has 3 heterocycles. The summed E-state index contributed by atoms with van der Waals surface area (Å²) in [7, 11) is 0. The number of hydrogen-bond acceptors (Lipinski definition) is 4. The highest BCUT2D eigenvalue weighted by molar-refractivity contribution is 6.22. The molecule has 0 unspecified atom stereocenters. The lowest BCUT2D eigenvalue weighted by molar-refractivity contribution is 0.325. The topological polar surface area (TPSA) is 37.2 Å². The lowest BCUT2D eigenvalue weighted by Crippen LogP contribution is -2.38. The van der Waals surface area contributed by atoms with Crippen molar-refractivity contribution in [3.05, 3.63) is 71.3 Å². The summed E-state index contributed by atoms with van der Waals surface area (Å²) >= 11 is 0. The number of amidine groups is 2. The van der Waals surface area contributed by atoms with Crippen molar-refractivity contribution in [1.82, 2.24) is 4.90 Å². The predicted molar refractivity (Wildman–Crippen MR) is 95.5 cm³/mol. The summed E-state index contributed by atoms with van der Waals surface area (Å²) in [6.07, 6.45) is 0.838. The molecule has 0 fully saturated rings. The Hall–Kier alpha value is -2.88. The highest BCUT2D eigenvalue weighted by atomic mass is 16.5. The minimum absolute atomic E-state index is 0.666. The number of hydrogen-bond donors (Lipinski definition) is 0. The first kappa shape index (κ1) is 13.5. The molecule has 2 aromatic rings. The van der Waals surface area contributed by atoms with Crippen LogP contribution in [0.4, 0.5) is 0 Å². The highest BCUT2D eigenvalue weighted by Gasteiger charge is 2.34. The molecule has 0 saturated carbocycles. The Bertz CT molecular complexity index is 896. The number of para-hydroxylation sites is 1. The largest absolute Gasteiger partial charge is 0.493 e. The highest BCUT2D eigenvalue weighted by Crippen LogP contribution is 2.38. The predicted octanol–water partition coefficient (Wildman–Crippen LogP) is 3.35. The van der Waals surface area contributed by atoms with E-state index < -0.39 is 0 Å². The average molecular weight is 315 g/mol. The van der Waals surface area contributed by atoms with Crippen LogP contribution in [-0.2, 0) is 0 Å². The molecule has 0 saturated heterocycles. The van der Waals surface area contributed by atoms with Crippen LogP contribution in [0.1, 0.15) is 17.5 Å². The first-order chi connectivity index (χ1) is 11.9. The summed E-state index contributed by atoms with van der Waals surface area (Å²) in [5.41, 5.74) is 4.41. The quantitative estimate of drug-likeness (QED) is 0.809. The van der Waals surface area contributed by atoms with Crippen LogP contribution in [0, 0.1) is 0 Å². The van der Waals surface area contributed by atoms with E-state index in [0.29, 0.717) is 6.61 Å². The van der Waals surface area contributed by atoms with E-state index in [1.165, 1.54) is 5.57 Å². The maximum absolute atomic E-state index is 5.95. The molecule has 0 N–H and O–H groups in total. The molecule has 0 radical (unpaired) electrons. The van der Waals surface area contributed by atoms with Crippen molar-refractivity contribution in [2.24, 2.45) is 9.98 Å². The van der Waals surface area contributed by atoms with Gasteiger partial charge in [-0.15, -0.1) is 0 Å². The fraction of sp³-hybridized carbons (Fsp3) is 0.200. The van der Waals surface area contributed by atoms with Crippen LogP contribution in [0.25, 0.3) is 5.70 Å². The van der Waals surface area contributed by atoms with Crippen molar-refractivity contribution < 1.29 is 4.74 Å². The smallest absolute Gasteiger partial charge is 0.142 e. The van der Waals surface area contributed by atoms with E-state index in [-0.39, 0.29) is 0 Å². The van der Waals surface area contributed by atoms with Crippen LogP contribution in [0.2, 0.25) is 0 Å². The van der Waals surface area contributed by atoms with Gasteiger partial charge in [0, 0.05) is 29.7 Å². The van der Waals surface area contributed by atoms with Crippen molar-refractivity contribution in [3.63, 3.8) is 0 Å². The average Bonchev–Trinajstić information content (AvgIpc) is 3.05. The standard InChI is InChI=1S/C20H17N3O/c1-2-6-14(7-3-1)19-22-18-15-8-4-5-9-17(15)24-13-10-16(18)20-21-11-12-23(19)20/h1-9H,10-13H2. The normalized spacial score (nSPS) is 18.8. The van der Waals surface area contributed by atoms with Crippen LogP contribution in [0.3, 0.4) is 0 Å². The third kappa shape index (κ3) is 1.99. The second kappa shape index (κ2) is 5.34. The van der Waals surface area contributed by atoms with E-state index in [9.17, 15) is 0 Å². The van der Waals surface area contributed by atoms with Gasteiger partial charge in [0.05, 0.1) is 18.8 Å². The van der Waals surface area contributed by atoms with Gasteiger partial charge < -0.3 is 9.64 Å². The summed E-state index contributed by atoms with van der Waals surface area (Å²) in [6.45, 7) is 2.38. The Morgan fingerprint density at radius 3 is 2.67 bits per heavy atom. The number of aliphatic imine (C=N–C) groups is 2. The summed E-state index contributed by atoms with van der Waals surface area (Å²) in [5.74, 6) is 2.96. The fourth-order valence-corrected chi connectivity index (χ4v) is 3.56. The molecule has 0 atom stereocenters. The lowest BCUT2D eigenvalue weighted by atomic mass is 10.00. The number of ether oxygens (including phenoxy) is 1. The monoisotopic (exact) mass is 315 g/mol. The molecular weight excluding hydrogens is 298 g/mol. The molecule has 0 aromatic heterocycles. The third-order valence-electron chi connectivity index (χ3n) is 4.65. The third-order valence-corrected chi connectivity index (χ3v) is 4.65. The molecule has 0 bridgehead atoms. The van der Waals surface area contributed by atoms with Crippen molar-refractivity contribution in [3.8, 4) is 5.75 Å². The number of benzene rings is 2. The van der Waals surface area contributed by atoms with Crippen LogP contribution in [0.5, 0.6) is 5.75 Å². The van der Waals surface area contributed by atoms with Crippen molar-refractivity contribution >= 4 is 17.4 Å². The molecule has 118 valence electrons. The van der Waals surface area contributed by atoms with Gasteiger partial charge in [0.25, 0.3) is 0 Å². The van der Waals surface area contributed by atoms with Gasteiger partial charge in [-0.3, -0.25) is 4.99 Å². The number of fused-ring (bicyclic) bond motifs is 4. The minimum atomic E-state index is 0.666. The zero-order valence-electron chi connectivity index (χ0n) is 13.3. The molecule has 4 nitrogen and oxygen atoms in total. The van der Waals surface area contributed by atoms with Gasteiger partial charge in [-0.1, -0.05) is 42.5 Å². The summed E-state index contributed by atoms with van der Waals surface area (Å²) < 4.78 is 5.95. The molecule has 2 aromatic carbocycles. The van der Waals surface area contributed by atoms with E-state index in [1.54, 1.807) is 0 Å². The van der Waals surface area contributed by atoms with Crippen LogP contribution in [-0.4, -0.2) is 36.3 Å². The Morgan fingerprint density at radius 1 is 0.917 bits per heavy atom. The molecule has 3 aliphatic heterocycles. The number of nitrogens with zero attached hydrogens (tertiary/aromatic N) is 3. The second-order valence-corrected chi connectivity index (χ2v) is 6.08. The molecular formula is C20H17N3O. The number of rotatable bonds is 1. The molecule has 0 aliphatic carbocycles. The van der Waals surface area contributed by atoms with Gasteiger partial charge in [-0.05, 0) is 12.1 Å². The molecule has 3 aliphatic rings. The van der Waals surface area contributed by atoms with Crippen molar-refractivity contribution in [2.45, 2.75) is 6.42 Å². The van der Waals surface area contributed by atoms with Crippen LogP contribution in [0.15, 0.2) is 70.2 Å². The van der Waals surface area contributed by atoms with Crippen molar-refractivity contribution in [1.29, 1.82) is 0 Å². The Kier molecular flexibility index (Phi) is 3.01. The minimum Gasteiger partial charge on any atom is -0.493 e. The maximum atomic E-state index is 5.95. The Balaban J connectivity index is 1.75. The van der Waals surface area contributed by atoms with Crippen LogP contribution < -0.4 is 4.74 Å². The first-order valence-electron chi connectivity index (χ1n) is 8.33. The Labute approximate surface area is 140 Å². The summed E-state index contributed by atoms with van der Waals surface area (Å²) in [4.78, 5) is 12.1. The van der Waals surface area contributed by atoms with E-state index >= 15 is 0 Å². The first-order valence-corrected chi connectivity index (χ1v) is 8.33. The van der Waals surface area contributed by atoms with Gasteiger partial charge in [-0.2, -0.15) is 0 Å². The molecule has 4 heteroatoms. The molecule has 0 amide bonds. The van der Waals surface area contributed by atoms with Gasteiger partial charge in [-0.25, -0.2) is 4.99 Å². The van der Waals surface area contributed by atoms with Gasteiger partial charge in [0.2, 0.25) is 0 Å². The summed E-state index contributed by atoms with van der Waals surface area (Å²) in [5, 5.41) is 0. The zero-order valence-corrected chi connectivity index (χ0v) is 13.3. The second-order valence-electron chi connectivity index (χ2n) is 6.08. The van der Waals surface area contributed by atoms with Gasteiger partial charge >= 0.3 is 0 Å². The maximum Gasteiger partial charge on any atom is 0.142 e.